The summed E-state index contributed by atoms with van der Waals surface area (Å²) in [4.78, 5) is 14.8. The second kappa shape index (κ2) is 9.67. The van der Waals surface area contributed by atoms with Crippen molar-refractivity contribution in [1.82, 2.24) is 10.2 Å². The van der Waals surface area contributed by atoms with Crippen LogP contribution in [0.4, 0.5) is 0 Å². The van der Waals surface area contributed by atoms with Gasteiger partial charge in [-0.2, -0.15) is 0 Å². The van der Waals surface area contributed by atoms with Gasteiger partial charge in [-0.25, -0.2) is 0 Å². The van der Waals surface area contributed by atoms with Crippen LogP contribution >= 0.6 is 0 Å². The van der Waals surface area contributed by atoms with E-state index >= 15 is 0 Å². The number of nitrogens with one attached hydrogen (secondary N) is 1. The molecule has 1 saturated heterocycles. The average Bonchev–Trinajstić information content (AvgIpc) is 2.68. The zero-order chi connectivity index (χ0) is 19.1. The molecule has 4 nitrogen and oxygen atoms in total. The van der Waals surface area contributed by atoms with Crippen LogP contribution in [0.5, 0.6) is 0 Å². The van der Waals surface area contributed by atoms with Gasteiger partial charge < -0.3 is 10.1 Å². The second-order valence-electron chi connectivity index (χ2n) is 7.43. The molecule has 144 valence electrons. The minimum Gasteiger partial charge on any atom is -0.383 e. The second-order valence-corrected chi connectivity index (χ2v) is 7.43. The summed E-state index contributed by atoms with van der Waals surface area (Å²) in [5, 5.41) is 2.98. The van der Waals surface area contributed by atoms with Crippen molar-refractivity contribution in [3.8, 4) is 11.1 Å². The maximum Gasteiger partial charge on any atom is 0.224 e. The highest BCUT2D eigenvalue weighted by Crippen LogP contribution is 2.24. The Morgan fingerprint density at radius 2 is 1.96 bits per heavy atom. The molecule has 1 heterocycles. The van der Waals surface area contributed by atoms with Crippen LogP contribution < -0.4 is 5.32 Å². The van der Waals surface area contributed by atoms with Crippen molar-refractivity contribution >= 4 is 5.91 Å². The molecule has 3 rings (SSSR count). The zero-order valence-electron chi connectivity index (χ0n) is 16.4. The topological polar surface area (TPSA) is 41.6 Å². The lowest BCUT2D eigenvalue weighted by atomic mass is 9.96. The van der Waals surface area contributed by atoms with Crippen LogP contribution in [0.3, 0.4) is 0 Å². The number of carbonyl (C=O) groups excluding carboxylic acids is 1. The molecule has 1 aliphatic rings. The minimum atomic E-state index is 0.0792. The van der Waals surface area contributed by atoms with E-state index in [-0.39, 0.29) is 11.8 Å². The number of aryl methyl sites for hydroxylation is 1. The van der Waals surface area contributed by atoms with E-state index in [0.29, 0.717) is 13.2 Å². The molecule has 0 aliphatic carbocycles. The van der Waals surface area contributed by atoms with E-state index in [9.17, 15) is 4.79 Å². The summed E-state index contributed by atoms with van der Waals surface area (Å²) in [7, 11) is 1.65. The van der Waals surface area contributed by atoms with Crippen molar-refractivity contribution in [3.63, 3.8) is 0 Å². The van der Waals surface area contributed by atoms with Gasteiger partial charge in [-0.15, -0.1) is 0 Å². The molecule has 0 spiro atoms. The Kier molecular flexibility index (Phi) is 7.02. The van der Waals surface area contributed by atoms with E-state index in [1.54, 1.807) is 7.11 Å². The van der Waals surface area contributed by atoms with Gasteiger partial charge in [0.05, 0.1) is 12.5 Å². The maximum atomic E-state index is 12.3. The summed E-state index contributed by atoms with van der Waals surface area (Å²) >= 11 is 0. The molecule has 1 aliphatic heterocycles. The van der Waals surface area contributed by atoms with Crippen molar-refractivity contribution < 1.29 is 9.53 Å². The lowest BCUT2D eigenvalue weighted by Gasteiger charge is -2.32. The fourth-order valence-electron chi connectivity index (χ4n) is 3.77. The molecule has 0 radical (unpaired) electrons. The van der Waals surface area contributed by atoms with Crippen molar-refractivity contribution in [2.24, 2.45) is 5.92 Å². The molecule has 1 amide bonds. The van der Waals surface area contributed by atoms with Crippen LogP contribution in [0.1, 0.15) is 24.0 Å². The molecular formula is C23H30N2O2. The Bertz CT molecular complexity index is 760. The number of ether oxygens (including phenoxy) is 1. The number of carbonyl (C=O) groups is 1. The third-order valence-electron chi connectivity index (χ3n) is 5.17. The molecule has 0 saturated carbocycles. The molecule has 1 fully saturated rings. The van der Waals surface area contributed by atoms with Gasteiger partial charge in [-0.3, -0.25) is 9.69 Å². The quantitative estimate of drug-likeness (QED) is 0.761. The van der Waals surface area contributed by atoms with E-state index in [1.165, 1.54) is 22.3 Å². The summed E-state index contributed by atoms with van der Waals surface area (Å²) in [6.45, 7) is 6.04. The van der Waals surface area contributed by atoms with Crippen molar-refractivity contribution in [3.05, 3.63) is 59.7 Å². The highest BCUT2D eigenvalue weighted by molar-refractivity contribution is 5.78. The number of methoxy groups -OCH3 is 1. The van der Waals surface area contributed by atoms with Crippen molar-refractivity contribution in [1.29, 1.82) is 0 Å². The first-order valence-corrected chi connectivity index (χ1v) is 9.80. The Balaban J connectivity index is 1.61. The number of hydrogen-bond donors (Lipinski definition) is 1. The fraction of sp³-hybridized carbons (Fsp3) is 0.435. The van der Waals surface area contributed by atoms with E-state index in [0.717, 1.165) is 32.5 Å². The molecular weight excluding hydrogens is 336 g/mol. The first kappa shape index (κ1) is 19.6. The number of piperidine rings is 1. The van der Waals surface area contributed by atoms with E-state index in [2.05, 4.69) is 65.7 Å². The molecule has 2 aromatic rings. The first-order chi connectivity index (χ1) is 13.2. The van der Waals surface area contributed by atoms with Gasteiger partial charge in [0.1, 0.15) is 0 Å². The van der Waals surface area contributed by atoms with Gasteiger partial charge in [0.25, 0.3) is 0 Å². The van der Waals surface area contributed by atoms with Crippen molar-refractivity contribution in [2.75, 3.05) is 33.4 Å². The zero-order valence-corrected chi connectivity index (χ0v) is 16.4. The molecule has 4 heteroatoms. The molecule has 1 unspecified atom stereocenters. The lowest BCUT2D eigenvalue weighted by molar-refractivity contribution is -0.127. The number of hydrogen-bond acceptors (Lipinski definition) is 3. The summed E-state index contributed by atoms with van der Waals surface area (Å²) in [6.07, 6.45) is 2.04. The van der Waals surface area contributed by atoms with Crippen LogP contribution in [-0.4, -0.2) is 44.2 Å². The third kappa shape index (κ3) is 5.65. The van der Waals surface area contributed by atoms with Gasteiger partial charge in [0.15, 0.2) is 0 Å². The van der Waals surface area contributed by atoms with Crippen LogP contribution in [0.2, 0.25) is 0 Å². The summed E-state index contributed by atoms with van der Waals surface area (Å²) in [6, 6.07) is 17.4. The number of nitrogens with zero attached hydrogens (tertiary/aromatic N) is 1. The SMILES string of the molecule is COCCNC(=O)C1CCCN(Cc2cccc(-c3cccc(C)c3)c2)C1. The number of likely N-dealkylation sites (tertiary alicyclic amines) is 1. The van der Waals surface area contributed by atoms with Crippen LogP contribution in [0.25, 0.3) is 11.1 Å². The molecule has 1 N–H and O–H groups in total. The maximum absolute atomic E-state index is 12.3. The minimum absolute atomic E-state index is 0.0792. The lowest BCUT2D eigenvalue weighted by Crippen LogP contribution is -2.43. The van der Waals surface area contributed by atoms with Crippen LogP contribution in [0, 0.1) is 12.8 Å². The van der Waals surface area contributed by atoms with Crippen molar-refractivity contribution in [2.45, 2.75) is 26.3 Å². The van der Waals surface area contributed by atoms with E-state index in [4.69, 9.17) is 4.74 Å². The van der Waals surface area contributed by atoms with Gasteiger partial charge in [-0.05, 0) is 49.1 Å². The normalized spacial score (nSPS) is 17.6. The predicted octanol–water partition coefficient (Wildman–Crippen LogP) is 3.64. The molecule has 0 aromatic heterocycles. The average molecular weight is 367 g/mol. The highest BCUT2D eigenvalue weighted by Gasteiger charge is 2.25. The molecule has 0 bridgehead atoms. The summed E-state index contributed by atoms with van der Waals surface area (Å²) < 4.78 is 5.01. The Morgan fingerprint density at radius 1 is 1.19 bits per heavy atom. The number of amides is 1. The van der Waals surface area contributed by atoms with Crippen LogP contribution in [0.15, 0.2) is 48.5 Å². The van der Waals surface area contributed by atoms with Gasteiger partial charge in [0.2, 0.25) is 5.91 Å². The summed E-state index contributed by atoms with van der Waals surface area (Å²) in [5.74, 6) is 0.237. The first-order valence-electron chi connectivity index (χ1n) is 9.80. The Hall–Kier alpha value is -2.17. The standard InChI is InChI=1S/C23H30N2O2/c1-18-6-3-8-20(14-18)21-9-4-7-19(15-21)16-25-12-5-10-22(17-25)23(26)24-11-13-27-2/h3-4,6-9,14-15,22H,5,10-13,16-17H2,1-2H3,(H,24,26). The summed E-state index contributed by atoms with van der Waals surface area (Å²) in [5.41, 5.74) is 5.08. The fourth-order valence-corrected chi connectivity index (χ4v) is 3.77. The van der Waals surface area contributed by atoms with E-state index in [1.807, 2.05) is 0 Å². The largest absolute Gasteiger partial charge is 0.383 e. The third-order valence-corrected chi connectivity index (χ3v) is 5.17. The predicted molar refractivity (Wildman–Crippen MR) is 110 cm³/mol. The van der Waals surface area contributed by atoms with Gasteiger partial charge in [-0.1, -0.05) is 48.0 Å². The molecule has 2 aromatic carbocycles. The van der Waals surface area contributed by atoms with E-state index < -0.39 is 0 Å². The molecule has 1 atom stereocenters. The van der Waals surface area contributed by atoms with Gasteiger partial charge >= 0.3 is 0 Å². The van der Waals surface area contributed by atoms with Crippen LogP contribution in [-0.2, 0) is 16.1 Å². The Morgan fingerprint density at radius 3 is 2.74 bits per heavy atom. The number of benzene rings is 2. The Labute approximate surface area is 162 Å². The highest BCUT2D eigenvalue weighted by atomic mass is 16.5. The smallest absolute Gasteiger partial charge is 0.224 e. The monoisotopic (exact) mass is 366 g/mol. The molecule has 27 heavy (non-hydrogen) atoms. The number of rotatable bonds is 7. The van der Waals surface area contributed by atoms with Gasteiger partial charge in [0, 0.05) is 26.7 Å².